The molecule has 1 aromatic carbocycles. The van der Waals surface area contributed by atoms with Crippen molar-refractivity contribution < 1.29 is 4.74 Å². The summed E-state index contributed by atoms with van der Waals surface area (Å²) in [7, 11) is 0. The molecular weight excluding hydrogens is 234 g/mol. The summed E-state index contributed by atoms with van der Waals surface area (Å²) in [6.45, 7) is 5.61. The number of hydrogen-bond donors (Lipinski definition) is 1. The van der Waals surface area contributed by atoms with Gasteiger partial charge in [-0.15, -0.1) is 0 Å². The first-order valence-electron chi connectivity index (χ1n) is 7.78. The van der Waals surface area contributed by atoms with Gasteiger partial charge in [-0.25, -0.2) is 0 Å². The highest BCUT2D eigenvalue weighted by atomic mass is 16.5. The zero-order valence-corrected chi connectivity index (χ0v) is 12.3. The van der Waals surface area contributed by atoms with Gasteiger partial charge in [0.15, 0.2) is 0 Å². The summed E-state index contributed by atoms with van der Waals surface area (Å²) in [6.07, 6.45) is 6.56. The summed E-state index contributed by atoms with van der Waals surface area (Å²) >= 11 is 0. The smallest absolute Gasteiger partial charge is 0.119 e. The van der Waals surface area contributed by atoms with Crippen molar-refractivity contribution in [2.45, 2.75) is 58.1 Å². The molecule has 2 rings (SSSR count). The molecule has 0 heterocycles. The van der Waals surface area contributed by atoms with E-state index in [1.807, 2.05) is 18.2 Å². The number of para-hydroxylation sites is 1. The van der Waals surface area contributed by atoms with Crippen molar-refractivity contribution in [3.05, 3.63) is 30.3 Å². The van der Waals surface area contributed by atoms with Crippen molar-refractivity contribution in [2.75, 3.05) is 6.54 Å². The average molecular weight is 261 g/mol. The fourth-order valence-electron chi connectivity index (χ4n) is 2.95. The summed E-state index contributed by atoms with van der Waals surface area (Å²) in [4.78, 5) is 0. The molecule has 1 saturated carbocycles. The molecule has 0 aromatic heterocycles. The van der Waals surface area contributed by atoms with Crippen molar-refractivity contribution in [2.24, 2.45) is 5.92 Å². The van der Waals surface area contributed by atoms with Gasteiger partial charge in [0.25, 0.3) is 0 Å². The third-order valence-electron chi connectivity index (χ3n) is 4.16. The van der Waals surface area contributed by atoms with Crippen molar-refractivity contribution in [1.29, 1.82) is 0 Å². The Balaban J connectivity index is 1.98. The largest absolute Gasteiger partial charge is 0.489 e. The van der Waals surface area contributed by atoms with Crippen LogP contribution in [0.1, 0.15) is 46.0 Å². The van der Waals surface area contributed by atoms with E-state index in [1.165, 1.54) is 32.1 Å². The Morgan fingerprint density at radius 2 is 1.95 bits per heavy atom. The van der Waals surface area contributed by atoms with E-state index in [9.17, 15) is 0 Å². The lowest BCUT2D eigenvalue weighted by Crippen LogP contribution is -2.47. The van der Waals surface area contributed by atoms with Crippen molar-refractivity contribution in [3.63, 3.8) is 0 Å². The molecule has 0 saturated heterocycles. The van der Waals surface area contributed by atoms with Gasteiger partial charge in [-0.05, 0) is 50.3 Å². The predicted molar refractivity (Wildman–Crippen MR) is 80.6 cm³/mol. The molecule has 3 unspecified atom stereocenters. The zero-order valence-electron chi connectivity index (χ0n) is 12.3. The van der Waals surface area contributed by atoms with E-state index in [1.54, 1.807) is 0 Å². The molecule has 0 spiro atoms. The van der Waals surface area contributed by atoms with E-state index < -0.39 is 0 Å². The first kappa shape index (κ1) is 14.4. The molecule has 1 aliphatic rings. The SMILES string of the molecule is CCCNC1CCC(CC)CC1Oc1ccccc1. The maximum atomic E-state index is 6.23. The number of rotatable bonds is 6. The van der Waals surface area contributed by atoms with Crippen LogP contribution in [0.2, 0.25) is 0 Å². The molecule has 1 aliphatic carbocycles. The van der Waals surface area contributed by atoms with Crippen LogP contribution < -0.4 is 10.1 Å². The van der Waals surface area contributed by atoms with Crippen LogP contribution in [0, 0.1) is 5.92 Å². The Morgan fingerprint density at radius 3 is 2.63 bits per heavy atom. The lowest BCUT2D eigenvalue weighted by molar-refractivity contribution is 0.0849. The second-order valence-electron chi connectivity index (χ2n) is 5.62. The fourth-order valence-corrected chi connectivity index (χ4v) is 2.95. The topological polar surface area (TPSA) is 21.3 Å². The molecule has 106 valence electrons. The third-order valence-corrected chi connectivity index (χ3v) is 4.16. The molecule has 2 heteroatoms. The first-order valence-corrected chi connectivity index (χ1v) is 7.78. The van der Waals surface area contributed by atoms with Crippen LogP contribution in [0.15, 0.2) is 30.3 Å². The Kier molecular flexibility index (Phi) is 5.71. The van der Waals surface area contributed by atoms with Gasteiger partial charge in [-0.1, -0.05) is 38.5 Å². The minimum absolute atomic E-state index is 0.327. The maximum absolute atomic E-state index is 6.23. The standard InChI is InChI=1S/C17H27NO/c1-3-12-18-16-11-10-14(4-2)13-17(16)19-15-8-6-5-7-9-15/h5-9,14,16-18H,3-4,10-13H2,1-2H3. The summed E-state index contributed by atoms with van der Waals surface area (Å²) < 4.78 is 6.23. The molecule has 0 aliphatic heterocycles. The number of ether oxygens (including phenoxy) is 1. The van der Waals surface area contributed by atoms with Crippen LogP contribution in [-0.2, 0) is 0 Å². The monoisotopic (exact) mass is 261 g/mol. The van der Waals surface area contributed by atoms with Gasteiger partial charge in [-0.3, -0.25) is 0 Å². The summed E-state index contributed by atoms with van der Waals surface area (Å²) in [5, 5.41) is 3.66. The Morgan fingerprint density at radius 1 is 1.16 bits per heavy atom. The van der Waals surface area contributed by atoms with Gasteiger partial charge in [0, 0.05) is 6.04 Å². The Labute approximate surface area is 117 Å². The van der Waals surface area contributed by atoms with Gasteiger partial charge < -0.3 is 10.1 Å². The van der Waals surface area contributed by atoms with E-state index in [0.717, 1.165) is 18.2 Å². The maximum Gasteiger partial charge on any atom is 0.119 e. The van der Waals surface area contributed by atoms with Gasteiger partial charge in [0.05, 0.1) is 0 Å². The molecule has 1 fully saturated rings. The van der Waals surface area contributed by atoms with Gasteiger partial charge in [0.2, 0.25) is 0 Å². The molecular formula is C17H27NO. The molecule has 0 amide bonds. The van der Waals surface area contributed by atoms with E-state index in [2.05, 4.69) is 31.3 Å². The van der Waals surface area contributed by atoms with Crippen molar-refractivity contribution in [1.82, 2.24) is 5.32 Å². The quantitative estimate of drug-likeness (QED) is 0.835. The average Bonchev–Trinajstić information content (AvgIpc) is 2.47. The van der Waals surface area contributed by atoms with E-state index in [-0.39, 0.29) is 0 Å². The number of nitrogens with one attached hydrogen (secondary N) is 1. The molecule has 3 atom stereocenters. The van der Waals surface area contributed by atoms with E-state index in [0.29, 0.717) is 12.1 Å². The Hall–Kier alpha value is -1.02. The highest BCUT2D eigenvalue weighted by Gasteiger charge is 2.30. The minimum atomic E-state index is 0.327. The normalized spacial score (nSPS) is 27.2. The molecule has 1 N–H and O–H groups in total. The summed E-state index contributed by atoms with van der Waals surface area (Å²) in [6, 6.07) is 10.8. The summed E-state index contributed by atoms with van der Waals surface area (Å²) in [5.41, 5.74) is 0. The van der Waals surface area contributed by atoms with Crippen LogP contribution in [0.4, 0.5) is 0 Å². The van der Waals surface area contributed by atoms with Crippen LogP contribution in [-0.4, -0.2) is 18.7 Å². The Bertz CT molecular complexity index is 352. The third kappa shape index (κ3) is 4.24. The van der Waals surface area contributed by atoms with Crippen LogP contribution in [0.25, 0.3) is 0 Å². The first-order chi connectivity index (χ1) is 9.33. The highest BCUT2D eigenvalue weighted by Crippen LogP contribution is 2.30. The van der Waals surface area contributed by atoms with E-state index in [4.69, 9.17) is 4.74 Å². The van der Waals surface area contributed by atoms with Gasteiger partial charge in [-0.2, -0.15) is 0 Å². The minimum Gasteiger partial charge on any atom is -0.489 e. The number of hydrogen-bond acceptors (Lipinski definition) is 2. The fraction of sp³-hybridized carbons (Fsp3) is 0.647. The lowest BCUT2D eigenvalue weighted by atomic mass is 9.82. The number of benzene rings is 1. The van der Waals surface area contributed by atoms with Crippen molar-refractivity contribution >= 4 is 0 Å². The molecule has 0 radical (unpaired) electrons. The van der Waals surface area contributed by atoms with Gasteiger partial charge >= 0.3 is 0 Å². The van der Waals surface area contributed by atoms with Gasteiger partial charge in [0.1, 0.15) is 11.9 Å². The van der Waals surface area contributed by atoms with Crippen LogP contribution in [0.5, 0.6) is 5.75 Å². The molecule has 0 bridgehead atoms. The molecule has 2 nitrogen and oxygen atoms in total. The van der Waals surface area contributed by atoms with Crippen LogP contribution >= 0.6 is 0 Å². The summed E-state index contributed by atoms with van der Waals surface area (Å²) in [5.74, 6) is 1.83. The molecule has 19 heavy (non-hydrogen) atoms. The molecule has 1 aromatic rings. The predicted octanol–water partition coefficient (Wildman–Crippen LogP) is 4.01. The lowest BCUT2D eigenvalue weighted by Gasteiger charge is -2.36. The highest BCUT2D eigenvalue weighted by molar-refractivity contribution is 5.21. The van der Waals surface area contributed by atoms with E-state index >= 15 is 0 Å². The second-order valence-corrected chi connectivity index (χ2v) is 5.62. The van der Waals surface area contributed by atoms with Crippen LogP contribution in [0.3, 0.4) is 0 Å². The second kappa shape index (κ2) is 7.54. The zero-order chi connectivity index (χ0) is 13.5. The van der Waals surface area contributed by atoms with Crippen molar-refractivity contribution in [3.8, 4) is 5.75 Å².